The number of benzene rings is 2. The number of methoxy groups -OCH3 is 1. The van der Waals surface area contributed by atoms with Gasteiger partial charge in [0, 0.05) is 11.7 Å². The molecule has 0 saturated heterocycles. The summed E-state index contributed by atoms with van der Waals surface area (Å²) in [5.41, 5.74) is 3.91. The van der Waals surface area contributed by atoms with Gasteiger partial charge in [-0.1, -0.05) is 35.9 Å². The molecule has 0 amide bonds. The van der Waals surface area contributed by atoms with Gasteiger partial charge in [-0.3, -0.25) is 0 Å². The van der Waals surface area contributed by atoms with E-state index in [9.17, 15) is 4.79 Å². The topological polar surface area (TPSA) is 38.3 Å². The Bertz CT molecular complexity index is 607. The van der Waals surface area contributed by atoms with Gasteiger partial charge in [0.1, 0.15) is 0 Å². The largest absolute Gasteiger partial charge is 0.465 e. The lowest BCUT2D eigenvalue weighted by Gasteiger charge is -2.16. The molecule has 2 aromatic rings. The van der Waals surface area contributed by atoms with Gasteiger partial charge >= 0.3 is 5.97 Å². The lowest BCUT2D eigenvalue weighted by Crippen LogP contribution is -2.08. The van der Waals surface area contributed by atoms with Crippen molar-refractivity contribution in [3.63, 3.8) is 0 Å². The maximum Gasteiger partial charge on any atom is 0.337 e. The van der Waals surface area contributed by atoms with Gasteiger partial charge in [-0.15, -0.1) is 0 Å². The van der Waals surface area contributed by atoms with Crippen LogP contribution in [-0.4, -0.2) is 13.1 Å². The molecule has 0 saturated carbocycles. The van der Waals surface area contributed by atoms with Crippen LogP contribution in [0.4, 0.5) is 5.69 Å². The fourth-order valence-corrected chi connectivity index (χ4v) is 2.13. The second-order valence-corrected chi connectivity index (χ2v) is 4.85. The first kappa shape index (κ1) is 14.1. The van der Waals surface area contributed by atoms with Crippen molar-refractivity contribution in [1.82, 2.24) is 0 Å². The van der Waals surface area contributed by atoms with Crippen molar-refractivity contribution in [2.75, 3.05) is 12.4 Å². The van der Waals surface area contributed by atoms with E-state index < -0.39 is 0 Å². The van der Waals surface area contributed by atoms with Crippen molar-refractivity contribution >= 4 is 11.7 Å². The van der Waals surface area contributed by atoms with Crippen molar-refractivity contribution in [2.45, 2.75) is 19.9 Å². The Hall–Kier alpha value is -2.29. The minimum absolute atomic E-state index is 0.169. The Balaban J connectivity index is 2.15. The third kappa shape index (κ3) is 3.38. The molecular formula is C17H19NO2. The van der Waals surface area contributed by atoms with Crippen LogP contribution in [0.15, 0.2) is 48.5 Å². The van der Waals surface area contributed by atoms with Gasteiger partial charge in [-0.05, 0) is 37.6 Å². The number of nitrogens with one attached hydrogen (secondary N) is 1. The molecule has 0 fully saturated rings. The van der Waals surface area contributed by atoms with E-state index >= 15 is 0 Å². The molecule has 0 spiro atoms. The minimum atomic E-state index is -0.322. The van der Waals surface area contributed by atoms with Crippen molar-refractivity contribution in [3.8, 4) is 0 Å². The van der Waals surface area contributed by atoms with Crippen LogP contribution in [0.1, 0.15) is 34.5 Å². The van der Waals surface area contributed by atoms with E-state index in [1.165, 1.54) is 18.2 Å². The normalized spacial score (nSPS) is 11.8. The maximum absolute atomic E-state index is 11.5. The monoisotopic (exact) mass is 269 g/mol. The summed E-state index contributed by atoms with van der Waals surface area (Å²) in [7, 11) is 1.39. The van der Waals surface area contributed by atoms with Gasteiger partial charge in [-0.2, -0.15) is 0 Å². The molecule has 0 radical (unpaired) electrons. The fourth-order valence-electron chi connectivity index (χ4n) is 2.13. The molecule has 2 rings (SSSR count). The molecular weight excluding hydrogens is 250 g/mol. The predicted molar refractivity (Wildman–Crippen MR) is 81.0 cm³/mol. The minimum Gasteiger partial charge on any atom is -0.465 e. The lowest BCUT2D eigenvalue weighted by molar-refractivity contribution is 0.0601. The second kappa shape index (κ2) is 6.24. The lowest BCUT2D eigenvalue weighted by atomic mass is 10.1. The van der Waals surface area contributed by atoms with E-state index in [2.05, 4.69) is 37.4 Å². The zero-order chi connectivity index (χ0) is 14.5. The smallest absolute Gasteiger partial charge is 0.337 e. The van der Waals surface area contributed by atoms with E-state index in [0.29, 0.717) is 5.56 Å². The predicted octanol–water partition coefficient (Wildman–Crippen LogP) is 3.95. The van der Waals surface area contributed by atoms with Gasteiger partial charge in [0.15, 0.2) is 0 Å². The fraction of sp³-hybridized carbons (Fsp3) is 0.235. The number of ether oxygens (including phenoxy) is 1. The number of aryl methyl sites for hydroxylation is 1. The maximum atomic E-state index is 11.5. The van der Waals surface area contributed by atoms with Crippen molar-refractivity contribution < 1.29 is 9.53 Å². The quantitative estimate of drug-likeness (QED) is 0.854. The summed E-state index contributed by atoms with van der Waals surface area (Å²) in [6, 6.07) is 15.9. The van der Waals surface area contributed by atoms with Crippen molar-refractivity contribution in [3.05, 3.63) is 65.2 Å². The Morgan fingerprint density at radius 2 is 1.90 bits per heavy atom. The number of rotatable bonds is 4. The van der Waals surface area contributed by atoms with Crippen LogP contribution < -0.4 is 5.32 Å². The van der Waals surface area contributed by atoms with E-state index in [-0.39, 0.29) is 12.0 Å². The molecule has 0 aromatic heterocycles. The number of hydrogen-bond acceptors (Lipinski definition) is 3. The Morgan fingerprint density at radius 3 is 2.60 bits per heavy atom. The van der Waals surface area contributed by atoms with E-state index in [4.69, 9.17) is 4.74 Å². The molecule has 104 valence electrons. The van der Waals surface area contributed by atoms with Crippen LogP contribution >= 0.6 is 0 Å². The van der Waals surface area contributed by atoms with Gasteiger partial charge in [0.25, 0.3) is 0 Å². The molecule has 0 aliphatic heterocycles. The molecule has 0 aliphatic carbocycles. The van der Waals surface area contributed by atoms with E-state index in [0.717, 1.165) is 5.69 Å². The first-order valence-electron chi connectivity index (χ1n) is 6.61. The number of carbonyl (C=O) groups is 1. The molecule has 2 aromatic carbocycles. The molecule has 0 aliphatic rings. The summed E-state index contributed by atoms with van der Waals surface area (Å²) in [6.45, 7) is 4.17. The van der Waals surface area contributed by atoms with Crippen LogP contribution in [0.3, 0.4) is 0 Å². The highest BCUT2D eigenvalue weighted by molar-refractivity contribution is 5.90. The Kier molecular flexibility index (Phi) is 4.41. The SMILES string of the molecule is COC(=O)c1cccc(NC(C)c2cccc(C)c2)c1. The molecule has 3 heteroatoms. The zero-order valence-corrected chi connectivity index (χ0v) is 12.0. The number of anilines is 1. The summed E-state index contributed by atoms with van der Waals surface area (Å²) in [5, 5.41) is 3.40. The van der Waals surface area contributed by atoms with Gasteiger partial charge in [0.05, 0.1) is 12.7 Å². The van der Waals surface area contributed by atoms with Gasteiger partial charge in [-0.25, -0.2) is 4.79 Å². The third-order valence-electron chi connectivity index (χ3n) is 3.21. The van der Waals surface area contributed by atoms with Crippen LogP contribution in [0.25, 0.3) is 0 Å². The van der Waals surface area contributed by atoms with E-state index in [1.807, 2.05) is 18.2 Å². The third-order valence-corrected chi connectivity index (χ3v) is 3.21. The molecule has 20 heavy (non-hydrogen) atoms. The van der Waals surface area contributed by atoms with Crippen LogP contribution in [0, 0.1) is 6.92 Å². The molecule has 1 atom stereocenters. The standard InChI is InChI=1S/C17H19NO2/c1-12-6-4-7-14(10-12)13(2)18-16-9-5-8-15(11-16)17(19)20-3/h4-11,13,18H,1-3H3. The van der Waals surface area contributed by atoms with E-state index in [1.54, 1.807) is 12.1 Å². The molecule has 0 heterocycles. The van der Waals surface area contributed by atoms with Crippen LogP contribution in [0.5, 0.6) is 0 Å². The van der Waals surface area contributed by atoms with Crippen molar-refractivity contribution in [2.24, 2.45) is 0 Å². The number of hydrogen-bond donors (Lipinski definition) is 1. The molecule has 1 unspecified atom stereocenters. The first-order valence-corrected chi connectivity index (χ1v) is 6.61. The summed E-state index contributed by atoms with van der Waals surface area (Å²) < 4.78 is 4.73. The highest BCUT2D eigenvalue weighted by Crippen LogP contribution is 2.21. The zero-order valence-electron chi connectivity index (χ0n) is 12.0. The van der Waals surface area contributed by atoms with Crippen LogP contribution in [-0.2, 0) is 4.74 Å². The summed E-state index contributed by atoms with van der Waals surface area (Å²) >= 11 is 0. The van der Waals surface area contributed by atoms with Gasteiger partial charge in [0.2, 0.25) is 0 Å². The highest BCUT2D eigenvalue weighted by Gasteiger charge is 2.08. The Labute approximate surface area is 119 Å². The average Bonchev–Trinajstić information content (AvgIpc) is 2.46. The number of carbonyl (C=O) groups excluding carboxylic acids is 1. The molecule has 1 N–H and O–H groups in total. The van der Waals surface area contributed by atoms with Crippen molar-refractivity contribution in [1.29, 1.82) is 0 Å². The highest BCUT2D eigenvalue weighted by atomic mass is 16.5. The summed E-state index contributed by atoms with van der Waals surface area (Å²) in [6.07, 6.45) is 0. The van der Waals surface area contributed by atoms with Crippen LogP contribution in [0.2, 0.25) is 0 Å². The summed E-state index contributed by atoms with van der Waals surface area (Å²) in [5.74, 6) is -0.322. The van der Waals surface area contributed by atoms with Gasteiger partial charge < -0.3 is 10.1 Å². The Morgan fingerprint density at radius 1 is 1.15 bits per heavy atom. The molecule has 3 nitrogen and oxygen atoms in total. The summed E-state index contributed by atoms with van der Waals surface area (Å²) in [4.78, 5) is 11.5. The molecule has 0 bridgehead atoms. The second-order valence-electron chi connectivity index (χ2n) is 4.85. The average molecular weight is 269 g/mol. The first-order chi connectivity index (χ1) is 9.60. The number of esters is 1.